The minimum Gasteiger partial charge on any atom is -0.469 e. The van der Waals surface area contributed by atoms with Crippen molar-refractivity contribution in [2.45, 2.75) is 18.8 Å². The average molecular weight is 330 g/mol. The summed E-state index contributed by atoms with van der Waals surface area (Å²) in [5.41, 5.74) is -0.878. The van der Waals surface area contributed by atoms with Gasteiger partial charge in [-0.2, -0.15) is 13.2 Å². The predicted molar refractivity (Wildman–Crippen MR) is 68.0 cm³/mol. The summed E-state index contributed by atoms with van der Waals surface area (Å²) in [4.78, 5) is 17.3. The van der Waals surface area contributed by atoms with Crippen LogP contribution >= 0.6 is 0 Å². The number of pyridine rings is 1. The Bertz CT molecular complexity index is 729. The Morgan fingerprint density at radius 1 is 1.43 bits per heavy atom. The van der Waals surface area contributed by atoms with Crippen LogP contribution in [0.3, 0.4) is 0 Å². The lowest BCUT2D eigenvalue weighted by molar-refractivity contribution is -0.389. The lowest BCUT2D eigenvalue weighted by Gasteiger charge is -2.22. The molecule has 1 aliphatic heterocycles. The number of alkyl halides is 3. The van der Waals surface area contributed by atoms with E-state index in [-0.39, 0.29) is 30.9 Å². The highest BCUT2D eigenvalue weighted by Crippen LogP contribution is 2.29. The third-order valence-corrected chi connectivity index (χ3v) is 3.06. The van der Waals surface area contributed by atoms with E-state index in [9.17, 15) is 23.3 Å². The Kier molecular flexibility index (Phi) is 3.54. The summed E-state index contributed by atoms with van der Waals surface area (Å²) in [6.07, 6.45) is -3.15. The number of imidazole rings is 1. The van der Waals surface area contributed by atoms with Crippen LogP contribution in [0.15, 0.2) is 24.5 Å². The number of rotatable bonds is 3. The first-order chi connectivity index (χ1) is 10.8. The van der Waals surface area contributed by atoms with Crippen molar-refractivity contribution in [3.8, 4) is 11.9 Å². The second-order valence-corrected chi connectivity index (χ2v) is 4.72. The van der Waals surface area contributed by atoms with E-state index in [4.69, 9.17) is 9.47 Å². The van der Waals surface area contributed by atoms with Crippen LogP contribution in [0, 0.1) is 10.1 Å². The van der Waals surface area contributed by atoms with E-state index in [0.29, 0.717) is 6.20 Å². The summed E-state index contributed by atoms with van der Waals surface area (Å²) in [6.45, 7) is 0.260. The zero-order valence-electron chi connectivity index (χ0n) is 11.4. The summed E-state index contributed by atoms with van der Waals surface area (Å²) in [5.74, 6) is -0.349. The SMILES string of the molecule is O=[N+]([O-])c1cn2c(n1)OC[C@H](Oc1ccc(C(F)(F)F)cn1)C2. The molecule has 11 heteroatoms. The Balaban J connectivity index is 1.68. The van der Waals surface area contributed by atoms with Crippen molar-refractivity contribution in [3.63, 3.8) is 0 Å². The van der Waals surface area contributed by atoms with E-state index in [2.05, 4.69) is 9.97 Å². The van der Waals surface area contributed by atoms with Crippen molar-refractivity contribution in [1.29, 1.82) is 0 Å². The third-order valence-electron chi connectivity index (χ3n) is 3.06. The van der Waals surface area contributed by atoms with Crippen molar-refractivity contribution >= 4 is 5.82 Å². The molecular weight excluding hydrogens is 321 g/mol. The number of nitrogens with zero attached hydrogens (tertiary/aromatic N) is 4. The van der Waals surface area contributed by atoms with Crippen molar-refractivity contribution in [3.05, 3.63) is 40.2 Å². The molecule has 0 aromatic carbocycles. The van der Waals surface area contributed by atoms with Gasteiger partial charge in [-0.3, -0.25) is 4.57 Å². The van der Waals surface area contributed by atoms with Crippen LogP contribution in [0.2, 0.25) is 0 Å². The van der Waals surface area contributed by atoms with Gasteiger partial charge in [-0.15, -0.1) is 0 Å². The molecular formula is C12H9F3N4O4. The van der Waals surface area contributed by atoms with Gasteiger partial charge in [-0.25, -0.2) is 4.98 Å². The lowest BCUT2D eigenvalue weighted by Crippen LogP contribution is -2.34. The van der Waals surface area contributed by atoms with E-state index in [1.807, 2.05) is 0 Å². The van der Waals surface area contributed by atoms with Crippen LogP contribution in [0.1, 0.15) is 5.56 Å². The Morgan fingerprint density at radius 3 is 2.83 bits per heavy atom. The Morgan fingerprint density at radius 2 is 2.22 bits per heavy atom. The summed E-state index contributed by atoms with van der Waals surface area (Å²) < 4.78 is 49.4. The molecule has 3 heterocycles. The monoisotopic (exact) mass is 330 g/mol. The van der Waals surface area contributed by atoms with Crippen molar-refractivity contribution in [1.82, 2.24) is 14.5 Å². The molecule has 0 bridgehead atoms. The summed E-state index contributed by atoms with van der Waals surface area (Å²) in [6, 6.07) is 2.06. The fraction of sp³-hybridized carbons (Fsp3) is 0.333. The van der Waals surface area contributed by atoms with Gasteiger partial charge < -0.3 is 19.6 Å². The zero-order chi connectivity index (χ0) is 16.6. The number of nitro groups is 1. The molecule has 2 aromatic heterocycles. The van der Waals surface area contributed by atoms with Crippen LogP contribution < -0.4 is 9.47 Å². The van der Waals surface area contributed by atoms with Gasteiger partial charge in [0.1, 0.15) is 12.8 Å². The second-order valence-electron chi connectivity index (χ2n) is 4.72. The van der Waals surface area contributed by atoms with Crippen LogP contribution in [0.4, 0.5) is 19.0 Å². The maximum Gasteiger partial charge on any atom is 0.417 e. The number of halogens is 3. The average Bonchev–Trinajstić information content (AvgIpc) is 2.90. The molecule has 0 unspecified atom stereocenters. The van der Waals surface area contributed by atoms with Gasteiger partial charge in [-0.1, -0.05) is 0 Å². The van der Waals surface area contributed by atoms with Crippen LogP contribution in [0.5, 0.6) is 11.9 Å². The highest BCUT2D eigenvalue weighted by molar-refractivity contribution is 5.22. The topological polar surface area (TPSA) is 92.3 Å². The Hall–Kier alpha value is -2.85. The first-order valence-electron chi connectivity index (χ1n) is 6.37. The predicted octanol–water partition coefficient (Wildman–Crippen LogP) is 2.05. The Labute approximate surface area is 126 Å². The van der Waals surface area contributed by atoms with Crippen molar-refractivity contribution in [2.24, 2.45) is 0 Å². The largest absolute Gasteiger partial charge is 0.469 e. The summed E-state index contributed by atoms with van der Waals surface area (Å²) >= 11 is 0. The quantitative estimate of drug-likeness (QED) is 0.632. The molecule has 0 N–H and O–H groups in total. The number of hydrogen-bond donors (Lipinski definition) is 0. The van der Waals surface area contributed by atoms with E-state index >= 15 is 0 Å². The molecule has 23 heavy (non-hydrogen) atoms. The highest BCUT2D eigenvalue weighted by atomic mass is 19.4. The highest BCUT2D eigenvalue weighted by Gasteiger charge is 2.32. The summed E-state index contributed by atoms with van der Waals surface area (Å²) in [7, 11) is 0. The normalized spacial score (nSPS) is 17.3. The fourth-order valence-electron chi connectivity index (χ4n) is 2.02. The van der Waals surface area contributed by atoms with Crippen molar-refractivity contribution < 1.29 is 27.6 Å². The minimum atomic E-state index is -4.47. The molecule has 1 aliphatic rings. The summed E-state index contributed by atoms with van der Waals surface area (Å²) in [5, 5.41) is 10.6. The first-order valence-corrected chi connectivity index (χ1v) is 6.37. The molecule has 2 aromatic rings. The van der Waals surface area contributed by atoms with E-state index in [1.54, 1.807) is 0 Å². The number of hydrogen-bond acceptors (Lipinski definition) is 6. The molecule has 8 nitrogen and oxygen atoms in total. The van der Waals surface area contributed by atoms with Crippen LogP contribution in [-0.2, 0) is 12.7 Å². The minimum absolute atomic E-state index is 0.00432. The number of ether oxygens (including phenoxy) is 2. The fourth-order valence-corrected chi connectivity index (χ4v) is 2.02. The van der Waals surface area contributed by atoms with E-state index in [1.165, 1.54) is 10.8 Å². The molecule has 0 aliphatic carbocycles. The molecule has 0 saturated carbocycles. The zero-order valence-corrected chi connectivity index (χ0v) is 11.4. The lowest BCUT2D eigenvalue weighted by atomic mass is 10.3. The molecule has 122 valence electrons. The van der Waals surface area contributed by atoms with Gasteiger partial charge in [0, 0.05) is 17.2 Å². The van der Waals surface area contributed by atoms with Gasteiger partial charge >= 0.3 is 18.0 Å². The molecule has 1 atom stereocenters. The maximum absolute atomic E-state index is 12.4. The van der Waals surface area contributed by atoms with Gasteiger partial charge in [0.2, 0.25) is 5.88 Å². The third kappa shape index (κ3) is 3.17. The molecule has 0 fully saturated rings. The van der Waals surface area contributed by atoms with Crippen LogP contribution in [0.25, 0.3) is 0 Å². The van der Waals surface area contributed by atoms with Gasteiger partial charge in [0.15, 0.2) is 6.10 Å². The first kappa shape index (κ1) is 15.1. The maximum atomic E-state index is 12.4. The molecule has 0 spiro atoms. The number of fused-ring (bicyclic) bond motifs is 1. The van der Waals surface area contributed by atoms with Gasteiger partial charge in [-0.05, 0) is 11.0 Å². The molecule has 0 saturated heterocycles. The van der Waals surface area contributed by atoms with E-state index in [0.717, 1.165) is 12.1 Å². The van der Waals surface area contributed by atoms with Gasteiger partial charge in [0.05, 0.1) is 12.1 Å². The van der Waals surface area contributed by atoms with Gasteiger partial charge in [0.25, 0.3) is 0 Å². The smallest absolute Gasteiger partial charge is 0.417 e. The molecule has 0 radical (unpaired) electrons. The van der Waals surface area contributed by atoms with E-state index < -0.39 is 22.8 Å². The van der Waals surface area contributed by atoms with Crippen molar-refractivity contribution in [2.75, 3.05) is 6.61 Å². The second kappa shape index (κ2) is 5.41. The van der Waals surface area contributed by atoms with Crippen LogP contribution in [-0.4, -0.2) is 32.2 Å². The molecule has 3 rings (SSSR count). The standard InChI is InChI=1S/C12H9F3N4O4/c13-12(14,15)7-1-2-10(16-3-7)23-8-4-18-5-9(19(20)21)17-11(18)22-6-8/h1-3,5,8H,4,6H2/t8-/m1/s1. The molecule has 0 amide bonds. The number of aromatic nitrogens is 3.